The zero-order valence-electron chi connectivity index (χ0n) is 36.2. The highest BCUT2D eigenvalue weighted by molar-refractivity contribution is 6.13. The van der Waals surface area contributed by atoms with E-state index in [0.717, 1.165) is 50.1 Å². The van der Waals surface area contributed by atoms with Crippen molar-refractivity contribution >= 4 is 49.8 Å². The highest BCUT2D eigenvalue weighted by atomic mass is 16.3. The number of anilines is 3. The molecular weight excluding hydrogens is 799 g/mol. The van der Waals surface area contributed by atoms with Crippen LogP contribution in [0.5, 0.6) is 0 Å². The Hall–Kier alpha value is -8.72. The monoisotopic (exact) mass is 841 g/mol. The summed E-state index contributed by atoms with van der Waals surface area (Å²) in [4.78, 5) is 2.36. The molecule has 12 rings (SSSR count). The first-order valence-corrected chi connectivity index (χ1v) is 22.6. The summed E-state index contributed by atoms with van der Waals surface area (Å²) in [5.74, 6) is 0. The predicted octanol–water partition coefficient (Wildman–Crippen LogP) is 18.2. The van der Waals surface area contributed by atoms with Gasteiger partial charge in [-0.15, -0.1) is 0 Å². The van der Waals surface area contributed by atoms with Gasteiger partial charge in [0.2, 0.25) is 0 Å². The van der Waals surface area contributed by atoms with Crippen LogP contribution >= 0.6 is 0 Å². The van der Waals surface area contributed by atoms with E-state index in [4.69, 9.17) is 4.42 Å². The molecule has 0 spiro atoms. The van der Waals surface area contributed by atoms with Crippen molar-refractivity contribution in [2.75, 3.05) is 4.90 Å². The average molecular weight is 842 g/mol. The van der Waals surface area contributed by atoms with Gasteiger partial charge in [0.25, 0.3) is 0 Å². The SMILES string of the molecule is c1ccc(-c2ccccc2-c2ccccc2-c2ccccc2-c2ccc(N(c3ccc(-c4ccc(-c5cccc6ccccc56)cc4)cc3)c3cccc4oc5ccccc5c34)cc2)cc1. The number of hydrogen-bond acceptors (Lipinski definition) is 2. The lowest BCUT2D eigenvalue weighted by Crippen LogP contribution is -2.10. The topological polar surface area (TPSA) is 16.4 Å². The van der Waals surface area contributed by atoms with Crippen molar-refractivity contribution in [2.45, 2.75) is 0 Å². The molecule has 0 fully saturated rings. The zero-order chi connectivity index (χ0) is 43.8. The summed E-state index contributed by atoms with van der Waals surface area (Å²) in [6.45, 7) is 0. The van der Waals surface area contributed by atoms with E-state index in [0.29, 0.717) is 0 Å². The van der Waals surface area contributed by atoms with Crippen LogP contribution in [0.25, 0.3) is 99.5 Å². The number of benzene rings is 11. The maximum absolute atomic E-state index is 6.44. The molecule has 66 heavy (non-hydrogen) atoms. The number of fused-ring (bicyclic) bond motifs is 4. The van der Waals surface area contributed by atoms with Gasteiger partial charge in [-0.1, -0.05) is 218 Å². The maximum Gasteiger partial charge on any atom is 0.137 e. The van der Waals surface area contributed by atoms with Gasteiger partial charge in [-0.25, -0.2) is 0 Å². The van der Waals surface area contributed by atoms with Crippen LogP contribution in [0.3, 0.4) is 0 Å². The summed E-state index contributed by atoms with van der Waals surface area (Å²) in [7, 11) is 0. The molecule has 0 atom stereocenters. The van der Waals surface area contributed by atoms with Gasteiger partial charge < -0.3 is 9.32 Å². The van der Waals surface area contributed by atoms with Gasteiger partial charge >= 0.3 is 0 Å². The third kappa shape index (κ3) is 7.02. The van der Waals surface area contributed by atoms with Crippen LogP contribution in [-0.2, 0) is 0 Å². The van der Waals surface area contributed by atoms with Crippen LogP contribution in [-0.4, -0.2) is 0 Å². The van der Waals surface area contributed by atoms with Crippen molar-refractivity contribution in [2.24, 2.45) is 0 Å². The molecule has 2 nitrogen and oxygen atoms in total. The Balaban J connectivity index is 0.931. The van der Waals surface area contributed by atoms with Crippen LogP contribution in [0.2, 0.25) is 0 Å². The second-order valence-corrected chi connectivity index (χ2v) is 16.8. The minimum absolute atomic E-state index is 0.861. The molecule has 12 aromatic rings. The van der Waals surface area contributed by atoms with E-state index in [9.17, 15) is 0 Å². The van der Waals surface area contributed by atoms with Gasteiger partial charge in [0.15, 0.2) is 0 Å². The molecule has 0 saturated heterocycles. The molecule has 2 heteroatoms. The molecule has 11 aromatic carbocycles. The van der Waals surface area contributed by atoms with Crippen molar-refractivity contribution in [3.8, 4) is 66.8 Å². The lowest BCUT2D eigenvalue weighted by Gasteiger charge is -2.27. The highest BCUT2D eigenvalue weighted by Crippen LogP contribution is 2.45. The number of para-hydroxylation sites is 1. The molecule has 1 aromatic heterocycles. The van der Waals surface area contributed by atoms with E-state index >= 15 is 0 Å². The molecule has 0 unspecified atom stereocenters. The third-order valence-electron chi connectivity index (χ3n) is 12.9. The van der Waals surface area contributed by atoms with Crippen LogP contribution in [0.4, 0.5) is 17.1 Å². The minimum Gasteiger partial charge on any atom is -0.456 e. The standard InChI is InChI=1S/C64H43NO/c1-2-16-46(17-3-1)54-21-6-8-23-56(54)58-25-10-11-26-59(58)57-24-9-7-22-55(57)49-38-42-51(43-39-49)65(61-29-15-31-63-64(61)60-27-12-13-30-62(60)66-63)50-40-36-45(37-41-50)44-32-34-48(35-33-44)53-28-14-19-47-18-4-5-20-52(47)53/h1-43H. The number of furan rings is 1. The first-order chi connectivity index (χ1) is 32.7. The van der Waals surface area contributed by atoms with Crippen molar-refractivity contribution in [1.82, 2.24) is 0 Å². The number of nitrogens with zero attached hydrogens (tertiary/aromatic N) is 1. The van der Waals surface area contributed by atoms with E-state index in [-0.39, 0.29) is 0 Å². The van der Waals surface area contributed by atoms with E-state index in [1.807, 2.05) is 6.07 Å². The van der Waals surface area contributed by atoms with E-state index in [1.165, 1.54) is 66.4 Å². The van der Waals surface area contributed by atoms with Crippen LogP contribution in [0, 0.1) is 0 Å². The summed E-state index contributed by atoms with van der Waals surface area (Å²) in [6, 6.07) is 93.7. The normalized spacial score (nSPS) is 11.3. The first kappa shape index (κ1) is 38.9. The molecule has 1 heterocycles. The van der Waals surface area contributed by atoms with Crippen molar-refractivity contribution < 1.29 is 4.42 Å². The Morgan fingerprint density at radius 1 is 0.242 bits per heavy atom. The number of hydrogen-bond donors (Lipinski definition) is 0. The molecule has 0 aliphatic rings. The van der Waals surface area contributed by atoms with Gasteiger partial charge in [-0.05, 0) is 120 Å². The summed E-state index contributed by atoms with van der Waals surface area (Å²) in [6.07, 6.45) is 0. The van der Waals surface area contributed by atoms with Gasteiger partial charge in [0, 0.05) is 16.8 Å². The lowest BCUT2D eigenvalue weighted by atomic mass is 9.87. The minimum atomic E-state index is 0.861. The summed E-state index contributed by atoms with van der Waals surface area (Å²) in [5, 5.41) is 4.69. The van der Waals surface area contributed by atoms with E-state index in [2.05, 4.69) is 260 Å². The molecule has 0 aliphatic carbocycles. The molecular formula is C64H43NO. The van der Waals surface area contributed by atoms with Gasteiger partial charge in [-0.2, -0.15) is 0 Å². The second kappa shape index (κ2) is 16.8. The average Bonchev–Trinajstić information content (AvgIpc) is 3.79. The van der Waals surface area contributed by atoms with Gasteiger partial charge in [0.05, 0.1) is 11.1 Å². The van der Waals surface area contributed by atoms with Gasteiger partial charge in [0.1, 0.15) is 11.2 Å². The highest BCUT2D eigenvalue weighted by Gasteiger charge is 2.21. The fraction of sp³-hybridized carbons (Fsp3) is 0. The maximum atomic E-state index is 6.44. The smallest absolute Gasteiger partial charge is 0.137 e. The molecule has 0 aliphatic heterocycles. The Bertz CT molecular complexity index is 3670. The van der Waals surface area contributed by atoms with Crippen LogP contribution in [0.15, 0.2) is 265 Å². The number of rotatable bonds is 9. The summed E-state index contributed by atoms with van der Waals surface area (Å²) >= 11 is 0. The Labute approximate surface area is 384 Å². The first-order valence-electron chi connectivity index (χ1n) is 22.6. The van der Waals surface area contributed by atoms with Crippen molar-refractivity contribution in [3.05, 3.63) is 261 Å². The lowest BCUT2D eigenvalue weighted by molar-refractivity contribution is 0.669. The second-order valence-electron chi connectivity index (χ2n) is 16.8. The fourth-order valence-electron chi connectivity index (χ4n) is 9.79. The zero-order valence-corrected chi connectivity index (χ0v) is 36.2. The fourth-order valence-corrected chi connectivity index (χ4v) is 9.79. The Kier molecular flexibility index (Phi) is 9.89. The van der Waals surface area contributed by atoms with E-state index in [1.54, 1.807) is 0 Å². The third-order valence-corrected chi connectivity index (χ3v) is 12.9. The largest absolute Gasteiger partial charge is 0.456 e. The van der Waals surface area contributed by atoms with Crippen LogP contribution in [0.1, 0.15) is 0 Å². The molecule has 0 bridgehead atoms. The van der Waals surface area contributed by atoms with Crippen molar-refractivity contribution in [1.29, 1.82) is 0 Å². The summed E-state index contributed by atoms with van der Waals surface area (Å²) < 4.78 is 6.44. The molecule has 0 amide bonds. The predicted molar refractivity (Wildman–Crippen MR) is 279 cm³/mol. The Morgan fingerprint density at radius 2 is 0.636 bits per heavy atom. The molecule has 0 N–H and O–H groups in total. The molecule has 310 valence electrons. The van der Waals surface area contributed by atoms with Crippen LogP contribution < -0.4 is 4.90 Å². The molecule has 0 radical (unpaired) electrons. The summed E-state index contributed by atoms with van der Waals surface area (Å²) in [5.41, 5.74) is 19.3. The van der Waals surface area contributed by atoms with Crippen molar-refractivity contribution in [3.63, 3.8) is 0 Å². The Morgan fingerprint density at radius 3 is 1.27 bits per heavy atom. The van der Waals surface area contributed by atoms with Gasteiger partial charge in [-0.3, -0.25) is 0 Å². The van der Waals surface area contributed by atoms with E-state index < -0.39 is 0 Å². The molecule has 0 saturated carbocycles. The quantitative estimate of drug-likeness (QED) is 0.144.